The van der Waals surface area contributed by atoms with E-state index < -0.39 is 0 Å². The lowest BCUT2D eigenvalue weighted by atomic mass is 10.0. The number of carbonyl (C=O) groups excluding carboxylic acids is 1. The molecule has 0 aromatic heterocycles. The fourth-order valence-electron chi connectivity index (χ4n) is 1.46. The molecule has 0 bridgehead atoms. The maximum absolute atomic E-state index is 11.8. The summed E-state index contributed by atoms with van der Waals surface area (Å²) in [6.45, 7) is 6.38. The fraction of sp³-hybridized carbons (Fsp3) is 0.357. The first kappa shape index (κ1) is 12.3. The Morgan fingerprint density at radius 3 is 2.81 bits per heavy atom. The minimum atomic E-state index is -0.0147. The van der Waals surface area contributed by atoms with E-state index in [1.165, 1.54) is 0 Å². The molecule has 0 heterocycles. The van der Waals surface area contributed by atoms with Gasteiger partial charge in [0.05, 0.1) is 0 Å². The maximum atomic E-state index is 11.8. The summed E-state index contributed by atoms with van der Waals surface area (Å²) in [5.74, 6) is 5.70. The molecular formula is C14H17NO. The Kier molecular flexibility index (Phi) is 4.60. The zero-order valence-electron chi connectivity index (χ0n) is 10.1. The lowest BCUT2D eigenvalue weighted by Gasteiger charge is -2.08. The highest BCUT2D eigenvalue weighted by molar-refractivity contribution is 5.95. The Hall–Kier alpha value is -1.75. The van der Waals surface area contributed by atoms with Gasteiger partial charge < -0.3 is 5.32 Å². The predicted molar refractivity (Wildman–Crippen MR) is 66.3 cm³/mol. The average Bonchev–Trinajstić information content (AvgIpc) is 2.28. The molecule has 0 atom stereocenters. The Labute approximate surface area is 97.1 Å². The van der Waals surface area contributed by atoms with Crippen LogP contribution < -0.4 is 5.32 Å². The zero-order chi connectivity index (χ0) is 12.0. The molecule has 0 unspecified atom stereocenters. The van der Waals surface area contributed by atoms with Crippen LogP contribution in [0.5, 0.6) is 0 Å². The summed E-state index contributed by atoms with van der Waals surface area (Å²) >= 11 is 0. The fourth-order valence-corrected chi connectivity index (χ4v) is 1.46. The molecule has 16 heavy (non-hydrogen) atoms. The second-order valence-corrected chi connectivity index (χ2v) is 3.68. The standard InChI is InChI=1S/C14H17NO/c1-4-5-6-10-15-14(16)13-9-7-8-11(2)12(13)3/h7-9H,6,10H2,1-3H3,(H,15,16). The van der Waals surface area contributed by atoms with Crippen LogP contribution in [0.2, 0.25) is 0 Å². The summed E-state index contributed by atoms with van der Waals surface area (Å²) in [5.41, 5.74) is 2.94. The molecule has 0 aliphatic carbocycles. The number of amides is 1. The monoisotopic (exact) mass is 215 g/mol. The van der Waals surface area contributed by atoms with Crippen LogP contribution >= 0.6 is 0 Å². The first-order valence-electron chi connectivity index (χ1n) is 5.41. The average molecular weight is 215 g/mol. The third-order valence-corrected chi connectivity index (χ3v) is 2.56. The van der Waals surface area contributed by atoms with Gasteiger partial charge >= 0.3 is 0 Å². The molecule has 1 aromatic rings. The van der Waals surface area contributed by atoms with E-state index >= 15 is 0 Å². The van der Waals surface area contributed by atoms with Gasteiger partial charge in [-0.3, -0.25) is 4.79 Å². The molecule has 1 aromatic carbocycles. The van der Waals surface area contributed by atoms with E-state index in [1.54, 1.807) is 6.92 Å². The number of hydrogen-bond acceptors (Lipinski definition) is 1. The van der Waals surface area contributed by atoms with E-state index in [4.69, 9.17) is 0 Å². The molecule has 0 radical (unpaired) electrons. The summed E-state index contributed by atoms with van der Waals surface area (Å²) in [6.07, 6.45) is 0.701. The predicted octanol–water partition coefficient (Wildman–Crippen LogP) is 2.45. The van der Waals surface area contributed by atoms with Gasteiger partial charge in [0.2, 0.25) is 0 Å². The highest BCUT2D eigenvalue weighted by Crippen LogP contribution is 2.12. The molecule has 2 heteroatoms. The highest BCUT2D eigenvalue weighted by Gasteiger charge is 2.08. The van der Waals surface area contributed by atoms with Crippen LogP contribution in [0.1, 0.15) is 34.8 Å². The van der Waals surface area contributed by atoms with Crippen LogP contribution in [0, 0.1) is 25.7 Å². The van der Waals surface area contributed by atoms with Crippen molar-refractivity contribution in [2.24, 2.45) is 0 Å². The number of benzene rings is 1. The number of rotatable bonds is 3. The van der Waals surface area contributed by atoms with Gasteiger partial charge in [-0.1, -0.05) is 12.1 Å². The first-order chi connectivity index (χ1) is 7.66. The third-order valence-electron chi connectivity index (χ3n) is 2.56. The van der Waals surface area contributed by atoms with Crippen LogP contribution in [0.4, 0.5) is 0 Å². The van der Waals surface area contributed by atoms with E-state index in [9.17, 15) is 4.79 Å². The van der Waals surface area contributed by atoms with E-state index in [0.717, 1.165) is 16.7 Å². The molecule has 0 saturated heterocycles. The largest absolute Gasteiger partial charge is 0.351 e. The smallest absolute Gasteiger partial charge is 0.251 e. The van der Waals surface area contributed by atoms with Crippen molar-refractivity contribution in [1.82, 2.24) is 5.32 Å². The van der Waals surface area contributed by atoms with Crippen molar-refractivity contribution in [1.29, 1.82) is 0 Å². The Balaban J connectivity index is 2.65. The Morgan fingerprint density at radius 1 is 1.38 bits per heavy atom. The van der Waals surface area contributed by atoms with Crippen LogP contribution in [0.25, 0.3) is 0 Å². The first-order valence-corrected chi connectivity index (χ1v) is 5.41. The van der Waals surface area contributed by atoms with Gasteiger partial charge in [0.15, 0.2) is 0 Å². The lowest BCUT2D eigenvalue weighted by Crippen LogP contribution is -2.25. The Bertz CT molecular complexity index is 438. The zero-order valence-corrected chi connectivity index (χ0v) is 10.1. The van der Waals surface area contributed by atoms with Gasteiger partial charge in [-0.2, -0.15) is 0 Å². The van der Waals surface area contributed by atoms with Gasteiger partial charge in [-0.25, -0.2) is 0 Å². The van der Waals surface area contributed by atoms with Crippen molar-refractivity contribution in [3.8, 4) is 11.8 Å². The second kappa shape index (κ2) is 5.97. The maximum Gasteiger partial charge on any atom is 0.251 e. The molecule has 1 N–H and O–H groups in total. The molecule has 0 saturated carbocycles. The highest BCUT2D eigenvalue weighted by atomic mass is 16.1. The number of nitrogens with one attached hydrogen (secondary N) is 1. The van der Waals surface area contributed by atoms with Gasteiger partial charge in [0, 0.05) is 18.5 Å². The lowest BCUT2D eigenvalue weighted by molar-refractivity contribution is 0.0954. The molecule has 0 aliphatic heterocycles. The van der Waals surface area contributed by atoms with Crippen LogP contribution in [0.15, 0.2) is 18.2 Å². The van der Waals surface area contributed by atoms with Crippen LogP contribution in [-0.4, -0.2) is 12.5 Å². The second-order valence-electron chi connectivity index (χ2n) is 3.68. The van der Waals surface area contributed by atoms with Gasteiger partial charge in [-0.15, -0.1) is 11.8 Å². The molecule has 1 rings (SSSR count). The van der Waals surface area contributed by atoms with Crippen molar-refractivity contribution in [3.05, 3.63) is 34.9 Å². The molecule has 2 nitrogen and oxygen atoms in total. The SMILES string of the molecule is CC#CCCNC(=O)c1cccc(C)c1C. The van der Waals surface area contributed by atoms with Crippen LogP contribution in [-0.2, 0) is 0 Å². The van der Waals surface area contributed by atoms with Crippen molar-refractivity contribution in [2.45, 2.75) is 27.2 Å². The molecule has 0 spiro atoms. The van der Waals surface area contributed by atoms with Gasteiger partial charge in [-0.05, 0) is 38.0 Å². The topological polar surface area (TPSA) is 29.1 Å². The van der Waals surface area contributed by atoms with E-state index in [1.807, 2.05) is 32.0 Å². The molecular weight excluding hydrogens is 198 g/mol. The number of carbonyl (C=O) groups is 1. The number of aryl methyl sites for hydroxylation is 1. The van der Waals surface area contributed by atoms with Crippen molar-refractivity contribution in [2.75, 3.05) is 6.54 Å². The number of hydrogen-bond donors (Lipinski definition) is 1. The summed E-state index contributed by atoms with van der Waals surface area (Å²) < 4.78 is 0. The van der Waals surface area contributed by atoms with E-state index in [0.29, 0.717) is 13.0 Å². The minimum absolute atomic E-state index is 0.0147. The summed E-state index contributed by atoms with van der Waals surface area (Å²) in [7, 11) is 0. The Morgan fingerprint density at radius 2 is 2.12 bits per heavy atom. The minimum Gasteiger partial charge on any atom is -0.351 e. The normalized spacial score (nSPS) is 9.19. The van der Waals surface area contributed by atoms with Gasteiger partial charge in [0.1, 0.15) is 0 Å². The van der Waals surface area contributed by atoms with Crippen molar-refractivity contribution < 1.29 is 4.79 Å². The van der Waals surface area contributed by atoms with Gasteiger partial charge in [0.25, 0.3) is 5.91 Å². The molecule has 0 aliphatic rings. The summed E-state index contributed by atoms with van der Waals surface area (Å²) in [5, 5.41) is 2.86. The van der Waals surface area contributed by atoms with Crippen molar-refractivity contribution >= 4 is 5.91 Å². The summed E-state index contributed by atoms with van der Waals surface area (Å²) in [6, 6.07) is 5.76. The molecule has 84 valence electrons. The van der Waals surface area contributed by atoms with E-state index in [-0.39, 0.29) is 5.91 Å². The third kappa shape index (κ3) is 3.13. The van der Waals surface area contributed by atoms with E-state index in [2.05, 4.69) is 17.2 Å². The van der Waals surface area contributed by atoms with Crippen molar-refractivity contribution in [3.63, 3.8) is 0 Å². The van der Waals surface area contributed by atoms with Crippen LogP contribution in [0.3, 0.4) is 0 Å². The summed E-state index contributed by atoms with van der Waals surface area (Å²) in [4.78, 5) is 11.8. The molecule has 0 fully saturated rings. The quantitative estimate of drug-likeness (QED) is 0.609. The molecule has 1 amide bonds.